The van der Waals surface area contributed by atoms with E-state index in [0.29, 0.717) is 11.5 Å². The van der Waals surface area contributed by atoms with Gasteiger partial charge in [-0.3, -0.25) is 9.48 Å². The predicted octanol–water partition coefficient (Wildman–Crippen LogP) is 1.05. The number of carbonyl (C=O) groups excluding carboxylic acids is 1. The molecule has 5 nitrogen and oxygen atoms in total. The number of carbonyl (C=O) groups is 1. The van der Waals surface area contributed by atoms with Gasteiger partial charge in [0.05, 0.1) is 11.8 Å². The van der Waals surface area contributed by atoms with Gasteiger partial charge in [0.15, 0.2) is 0 Å². The topological polar surface area (TPSA) is 59.0 Å². The van der Waals surface area contributed by atoms with Gasteiger partial charge in [0, 0.05) is 19.3 Å². The standard InChI is InChI=1S/C12H20N4O.ClH/c1-2-16-9-11(8-15-16)12(17)14-7-10-4-3-5-13-6-10;/h8-10,13H,2-7H2,1H3,(H,14,17);1H. The highest BCUT2D eigenvalue weighted by Gasteiger charge is 2.15. The van der Waals surface area contributed by atoms with Crippen LogP contribution in [0.3, 0.4) is 0 Å². The molecule has 0 aliphatic carbocycles. The van der Waals surface area contributed by atoms with Gasteiger partial charge in [-0.05, 0) is 38.8 Å². The monoisotopic (exact) mass is 272 g/mol. The van der Waals surface area contributed by atoms with E-state index < -0.39 is 0 Å². The minimum Gasteiger partial charge on any atom is -0.352 e. The zero-order chi connectivity index (χ0) is 12.1. The number of aromatic nitrogens is 2. The third kappa shape index (κ3) is 3.99. The average molecular weight is 273 g/mol. The quantitative estimate of drug-likeness (QED) is 0.862. The second-order valence-electron chi connectivity index (χ2n) is 4.51. The molecule has 2 heterocycles. The maximum atomic E-state index is 11.8. The van der Waals surface area contributed by atoms with E-state index in [-0.39, 0.29) is 18.3 Å². The maximum Gasteiger partial charge on any atom is 0.254 e. The number of nitrogens with zero attached hydrogens (tertiary/aromatic N) is 2. The van der Waals surface area contributed by atoms with E-state index in [1.165, 1.54) is 12.8 Å². The van der Waals surface area contributed by atoms with Crippen molar-refractivity contribution in [3.8, 4) is 0 Å². The summed E-state index contributed by atoms with van der Waals surface area (Å²) in [5, 5.41) is 10.4. The first-order valence-corrected chi connectivity index (χ1v) is 6.31. The molecule has 1 saturated heterocycles. The smallest absolute Gasteiger partial charge is 0.254 e. The highest BCUT2D eigenvalue weighted by molar-refractivity contribution is 5.93. The van der Waals surface area contributed by atoms with E-state index in [0.717, 1.165) is 26.2 Å². The lowest BCUT2D eigenvalue weighted by atomic mass is 10.00. The second kappa shape index (κ2) is 7.38. The molecule has 1 aliphatic heterocycles. The van der Waals surface area contributed by atoms with Crippen molar-refractivity contribution in [2.75, 3.05) is 19.6 Å². The Kier molecular flexibility index (Phi) is 6.15. The normalized spacial score (nSPS) is 19.1. The molecular weight excluding hydrogens is 252 g/mol. The van der Waals surface area contributed by atoms with Crippen LogP contribution < -0.4 is 10.6 Å². The first-order valence-electron chi connectivity index (χ1n) is 6.31. The zero-order valence-corrected chi connectivity index (χ0v) is 11.5. The Morgan fingerprint density at radius 1 is 1.67 bits per heavy atom. The van der Waals surface area contributed by atoms with Crippen molar-refractivity contribution in [2.45, 2.75) is 26.3 Å². The number of halogens is 1. The van der Waals surface area contributed by atoms with Crippen LogP contribution in [0, 0.1) is 5.92 Å². The van der Waals surface area contributed by atoms with E-state index in [2.05, 4.69) is 15.7 Å². The summed E-state index contributed by atoms with van der Waals surface area (Å²) < 4.78 is 1.76. The van der Waals surface area contributed by atoms with E-state index in [4.69, 9.17) is 0 Å². The van der Waals surface area contributed by atoms with Gasteiger partial charge in [-0.25, -0.2) is 0 Å². The molecule has 0 spiro atoms. The molecule has 1 aliphatic rings. The molecule has 2 N–H and O–H groups in total. The predicted molar refractivity (Wildman–Crippen MR) is 73.1 cm³/mol. The molecule has 1 amide bonds. The van der Waals surface area contributed by atoms with Crippen molar-refractivity contribution in [1.29, 1.82) is 0 Å². The summed E-state index contributed by atoms with van der Waals surface area (Å²) in [5.41, 5.74) is 0.649. The molecule has 18 heavy (non-hydrogen) atoms. The minimum absolute atomic E-state index is 0. The Bertz CT molecular complexity index is 374. The van der Waals surface area contributed by atoms with E-state index in [1.807, 2.05) is 6.92 Å². The van der Waals surface area contributed by atoms with Crippen LogP contribution in [0.25, 0.3) is 0 Å². The van der Waals surface area contributed by atoms with Crippen LogP contribution >= 0.6 is 12.4 Å². The van der Waals surface area contributed by atoms with Gasteiger partial charge in [0.2, 0.25) is 0 Å². The number of rotatable bonds is 4. The number of aryl methyl sites for hydroxylation is 1. The van der Waals surface area contributed by atoms with Crippen LogP contribution in [0.15, 0.2) is 12.4 Å². The summed E-state index contributed by atoms with van der Waals surface area (Å²) in [6.45, 7) is 5.66. The highest BCUT2D eigenvalue weighted by Crippen LogP contribution is 2.08. The molecule has 1 atom stereocenters. The van der Waals surface area contributed by atoms with Crippen LogP contribution in [0.5, 0.6) is 0 Å². The molecule has 102 valence electrons. The molecule has 0 aromatic carbocycles. The molecule has 6 heteroatoms. The molecule has 0 radical (unpaired) electrons. The Morgan fingerprint density at radius 2 is 2.50 bits per heavy atom. The second-order valence-corrected chi connectivity index (χ2v) is 4.51. The van der Waals surface area contributed by atoms with Crippen molar-refractivity contribution in [1.82, 2.24) is 20.4 Å². The fourth-order valence-corrected chi connectivity index (χ4v) is 2.09. The third-order valence-electron chi connectivity index (χ3n) is 3.17. The number of nitrogens with one attached hydrogen (secondary N) is 2. The van der Waals surface area contributed by atoms with Crippen LogP contribution in [0.2, 0.25) is 0 Å². The summed E-state index contributed by atoms with van der Waals surface area (Å²) >= 11 is 0. The summed E-state index contributed by atoms with van der Waals surface area (Å²) in [5.74, 6) is 0.546. The molecule has 1 unspecified atom stereocenters. The van der Waals surface area contributed by atoms with Gasteiger partial charge >= 0.3 is 0 Å². The Labute approximate surface area is 114 Å². The van der Waals surface area contributed by atoms with Crippen molar-refractivity contribution < 1.29 is 4.79 Å². The highest BCUT2D eigenvalue weighted by atomic mass is 35.5. The van der Waals surface area contributed by atoms with Crippen molar-refractivity contribution in [3.05, 3.63) is 18.0 Å². The van der Waals surface area contributed by atoms with Gasteiger partial charge in [-0.2, -0.15) is 5.10 Å². The summed E-state index contributed by atoms with van der Waals surface area (Å²) in [7, 11) is 0. The number of piperidine rings is 1. The fraction of sp³-hybridized carbons (Fsp3) is 0.667. The van der Waals surface area contributed by atoms with Crippen molar-refractivity contribution in [2.24, 2.45) is 5.92 Å². The molecule has 2 rings (SSSR count). The molecule has 1 fully saturated rings. The first-order chi connectivity index (χ1) is 8.29. The summed E-state index contributed by atoms with van der Waals surface area (Å²) in [6.07, 6.45) is 5.81. The van der Waals surface area contributed by atoms with Gasteiger partial charge in [-0.1, -0.05) is 0 Å². The SMILES string of the molecule is CCn1cc(C(=O)NCC2CCCNC2)cn1.Cl. The van der Waals surface area contributed by atoms with Crippen LogP contribution in [-0.2, 0) is 6.54 Å². The largest absolute Gasteiger partial charge is 0.352 e. The molecule has 1 aromatic heterocycles. The average Bonchev–Trinajstić information content (AvgIpc) is 2.86. The van der Waals surface area contributed by atoms with Crippen molar-refractivity contribution in [3.63, 3.8) is 0 Å². The van der Waals surface area contributed by atoms with Crippen LogP contribution in [0.4, 0.5) is 0 Å². The summed E-state index contributed by atoms with van der Waals surface area (Å²) in [6, 6.07) is 0. The Morgan fingerprint density at radius 3 is 3.11 bits per heavy atom. The lowest BCUT2D eigenvalue weighted by Gasteiger charge is -2.22. The molecule has 0 saturated carbocycles. The number of amides is 1. The Hall–Kier alpha value is -1.07. The van der Waals surface area contributed by atoms with Gasteiger partial charge < -0.3 is 10.6 Å². The zero-order valence-electron chi connectivity index (χ0n) is 10.7. The van der Waals surface area contributed by atoms with Gasteiger partial charge in [0.1, 0.15) is 0 Å². The van der Waals surface area contributed by atoms with E-state index >= 15 is 0 Å². The third-order valence-corrected chi connectivity index (χ3v) is 3.17. The first kappa shape index (κ1) is 15.0. The number of hydrogen-bond donors (Lipinski definition) is 2. The summed E-state index contributed by atoms with van der Waals surface area (Å²) in [4.78, 5) is 11.8. The maximum absolute atomic E-state index is 11.8. The van der Waals surface area contributed by atoms with Gasteiger partial charge in [0.25, 0.3) is 5.91 Å². The van der Waals surface area contributed by atoms with E-state index in [9.17, 15) is 4.79 Å². The Balaban J connectivity index is 0.00000162. The lowest BCUT2D eigenvalue weighted by molar-refractivity contribution is 0.0944. The van der Waals surface area contributed by atoms with Crippen molar-refractivity contribution >= 4 is 18.3 Å². The van der Waals surface area contributed by atoms with Gasteiger partial charge in [-0.15, -0.1) is 12.4 Å². The molecule has 0 bridgehead atoms. The van der Waals surface area contributed by atoms with E-state index in [1.54, 1.807) is 17.1 Å². The number of hydrogen-bond acceptors (Lipinski definition) is 3. The van der Waals surface area contributed by atoms with Crippen LogP contribution in [-0.4, -0.2) is 35.3 Å². The van der Waals surface area contributed by atoms with Crippen LogP contribution in [0.1, 0.15) is 30.1 Å². The minimum atomic E-state index is -0.0183. The fourth-order valence-electron chi connectivity index (χ4n) is 2.09. The lowest BCUT2D eigenvalue weighted by Crippen LogP contribution is -2.38. The molecule has 1 aromatic rings. The molecular formula is C12H21ClN4O.